The van der Waals surface area contributed by atoms with Gasteiger partial charge >= 0.3 is 0 Å². The number of ether oxygens (including phenoxy) is 1. The number of amides is 1. The van der Waals surface area contributed by atoms with Crippen LogP contribution >= 0.6 is 54.5 Å². The van der Waals surface area contributed by atoms with Crippen LogP contribution in [0.3, 0.4) is 0 Å². The number of aromatic hydroxyl groups is 1. The lowest BCUT2D eigenvalue weighted by molar-refractivity contribution is 0.0954. The Balaban J connectivity index is 1.54. The molecule has 0 aliphatic rings. The van der Waals surface area contributed by atoms with Gasteiger partial charge in [0, 0.05) is 20.1 Å². The summed E-state index contributed by atoms with van der Waals surface area (Å²) >= 11 is 8.94. The first-order chi connectivity index (χ1) is 13.9. The zero-order chi connectivity index (χ0) is 20.8. The van der Waals surface area contributed by atoms with Crippen LogP contribution in [0.5, 0.6) is 11.5 Å². The number of phenolic OH excluding ortho intramolecular Hbond substituents is 1. The molecule has 0 radical (unpaired) electrons. The van der Waals surface area contributed by atoms with Gasteiger partial charge in [0.25, 0.3) is 5.91 Å². The molecule has 0 fully saturated rings. The number of phenols is 1. The molecule has 1 amide bonds. The fraction of sp³-hybridized carbons (Fsp3) is 0.0476. The highest BCUT2D eigenvalue weighted by atomic mass is 127. The molecule has 0 saturated carbocycles. The number of hydrazone groups is 1. The minimum atomic E-state index is -0.395. The maximum Gasteiger partial charge on any atom is 0.271 e. The third-order valence-corrected chi connectivity index (χ3v) is 6.02. The molecular formula is C21H15Br2IN2O3. The van der Waals surface area contributed by atoms with Crippen LogP contribution in [0.15, 0.2) is 74.7 Å². The predicted octanol–water partition coefficient (Wildman–Crippen LogP) is 5.86. The lowest BCUT2D eigenvalue weighted by Gasteiger charge is -2.08. The Morgan fingerprint density at radius 3 is 2.55 bits per heavy atom. The number of halogens is 3. The Hall–Kier alpha value is -1.91. The summed E-state index contributed by atoms with van der Waals surface area (Å²) in [5.74, 6) is 0.399. The van der Waals surface area contributed by atoms with Crippen LogP contribution in [0, 0.1) is 3.57 Å². The van der Waals surface area contributed by atoms with E-state index < -0.39 is 5.91 Å². The molecule has 8 heteroatoms. The van der Waals surface area contributed by atoms with E-state index in [2.05, 4.69) is 42.4 Å². The van der Waals surface area contributed by atoms with Crippen LogP contribution in [0.1, 0.15) is 21.5 Å². The molecule has 3 aromatic carbocycles. The van der Waals surface area contributed by atoms with Crippen LogP contribution in [0.2, 0.25) is 0 Å². The zero-order valence-corrected chi connectivity index (χ0v) is 20.2. The second-order valence-corrected chi connectivity index (χ2v) is 8.89. The van der Waals surface area contributed by atoms with Gasteiger partial charge in [0.05, 0.1) is 9.78 Å². The van der Waals surface area contributed by atoms with E-state index >= 15 is 0 Å². The highest BCUT2D eigenvalue weighted by molar-refractivity contribution is 14.1. The molecule has 0 heterocycles. The van der Waals surface area contributed by atoms with Crippen molar-refractivity contribution in [3.05, 3.63) is 89.9 Å². The van der Waals surface area contributed by atoms with Crippen LogP contribution in [-0.4, -0.2) is 17.2 Å². The molecule has 0 spiro atoms. The Morgan fingerprint density at radius 1 is 1.10 bits per heavy atom. The number of rotatable bonds is 6. The summed E-state index contributed by atoms with van der Waals surface area (Å²) in [7, 11) is 0. The summed E-state index contributed by atoms with van der Waals surface area (Å²) in [4.78, 5) is 12.1. The molecule has 0 aromatic heterocycles. The Bertz CT molecular complexity index is 1060. The van der Waals surface area contributed by atoms with Crippen LogP contribution in [0.25, 0.3) is 0 Å². The van der Waals surface area contributed by atoms with Crippen LogP contribution < -0.4 is 10.2 Å². The highest BCUT2D eigenvalue weighted by Crippen LogP contribution is 2.23. The summed E-state index contributed by atoms with van der Waals surface area (Å²) < 4.78 is 8.47. The fourth-order valence-electron chi connectivity index (χ4n) is 2.33. The standard InChI is InChI=1S/C21H15Br2IN2O3/c22-16-5-3-15(18(23)10-16)12-29-17-6-1-13(2-7-17)11-25-26-21(28)14-4-8-19(24)20(27)9-14/h1-11,27H,12H2,(H,26,28)/b25-11-. The number of carbonyl (C=O) groups is 1. The van der Waals surface area contributed by atoms with Crippen LogP contribution in [-0.2, 0) is 6.61 Å². The van der Waals surface area contributed by atoms with E-state index in [1.165, 1.54) is 6.07 Å². The van der Waals surface area contributed by atoms with Gasteiger partial charge in [-0.15, -0.1) is 0 Å². The van der Waals surface area contributed by atoms with Crippen LogP contribution in [0.4, 0.5) is 0 Å². The molecule has 3 rings (SSSR count). The maximum atomic E-state index is 12.1. The minimum absolute atomic E-state index is 0.0629. The molecular weight excluding hydrogens is 615 g/mol. The van der Waals surface area contributed by atoms with E-state index in [1.807, 2.05) is 65.1 Å². The molecule has 29 heavy (non-hydrogen) atoms. The van der Waals surface area contributed by atoms with Gasteiger partial charge in [0.1, 0.15) is 18.1 Å². The Kier molecular flexibility index (Phi) is 7.68. The summed E-state index contributed by atoms with van der Waals surface area (Å²) in [5.41, 5.74) is 4.64. The smallest absolute Gasteiger partial charge is 0.271 e. The fourth-order valence-corrected chi connectivity index (χ4v) is 3.83. The molecule has 5 nitrogen and oxygen atoms in total. The Morgan fingerprint density at radius 2 is 1.86 bits per heavy atom. The van der Waals surface area contributed by atoms with E-state index in [1.54, 1.807) is 18.3 Å². The summed E-state index contributed by atoms with van der Waals surface area (Å²) in [6, 6.07) is 18.0. The lowest BCUT2D eigenvalue weighted by Crippen LogP contribution is -2.17. The second-order valence-electron chi connectivity index (χ2n) is 5.96. The van der Waals surface area contributed by atoms with Crippen molar-refractivity contribution >= 4 is 66.6 Å². The quantitative estimate of drug-likeness (QED) is 0.204. The first-order valence-corrected chi connectivity index (χ1v) is 11.1. The van der Waals surface area contributed by atoms with E-state index in [-0.39, 0.29) is 5.75 Å². The maximum absolute atomic E-state index is 12.1. The van der Waals surface area contributed by atoms with Gasteiger partial charge in [-0.2, -0.15) is 5.10 Å². The average Bonchev–Trinajstić information content (AvgIpc) is 2.70. The topological polar surface area (TPSA) is 70.9 Å². The minimum Gasteiger partial charge on any atom is -0.507 e. The van der Waals surface area contributed by atoms with Gasteiger partial charge in [0.2, 0.25) is 0 Å². The molecule has 0 saturated heterocycles. The van der Waals surface area contributed by atoms with Crippen molar-refractivity contribution in [3.8, 4) is 11.5 Å². The molecule has 2 N–H and O–H groups in total. The number of nitrogens with zero attached hydrogens (tertiary/aromatic N) is 1. The number of carbonyl (C=O) groups excluding carboxylic acids is 1. The molecule has 0 aliphatic heterocycles. The molecule has 0 unspecified atom stereocenters. The third kappa shape index (κ3) is 6.28. The molecule has 3 aromatic rings. The highest BCUT2D eigenvalue weighted by Gasteiger charge is 2.07. The van der Waals surface area contributed by atoms with E-state index in [9.17, 15) is 9.90 Å². The third-order valence-electron chi connectivity index (χ3n) is 3.88. The first kappa shape index (κ1) is 21.8. The predicted molar refractivity (Wildman–Crippen MR) is 128 cm³/mol. The number of nitrogens with one attached hydrogen (secondary N) is 1. The van der Waals surface area contributed by atoms with Gasteiger partial charge in [-0.05, 0) is 82.8 Å². The van der Waals surface area contributed by atoms with Gasteiger partial charge in [0.15, 0.2) is 0 Å². The number of benzene rings is 3. The van der Waals surface area contributed by atoms with Gasteiger partial charge in [-0.1, -0.05) is 37.9 Å². The van der Waals surface area contributed by atoms with Crippen molar-refractivity contribution < 1.29 is 14.6 Å². The second kappa shape index (κ2) is 10.2. The zero-order valence-electron chi connectivity index (χ0n) is 14.9. The van der Waals surface area contributed by atoms with Crippen molar-refractivity contribution in [1.82, 2.24) is 5.43 Å². The monoisotopic (exact) mass is 628 g/mol. The first-order valence-electron chi connectivity index (χ1n) is 8.41. The Labute approximate surface area is 198 Å². The van der Waals surface area contributed by atoms with Gasteiger partial charge in [-0.3, -0.25) is 4.79 Å². The van der Waals surface area contributed by atoms with Crippen molar-refractivity contribution in [2.24, 2.45) is 5.10 Å². The normalized spacial score (nSPS) is 10.9. The summed E-state index contributed by atoms with van der Waals surface area (Å²) in [5, 5.41) is 13.6. The van der Waals surface area contributed by atoms with Crippen molar-refractivity contribution in [1.29, 1.82) is 0 Å². The number of hydrogen-bond acceptors (Lipinski definition) is 4. The van der Waals surface area contributed by atoms with Gasteiger partial charge < -0.3 is 9.84 Å². The molecule has 0 aliphatic carbocycles. The number of hydrogen-bond donors (Lipinski definition) is 2. The van der Waals surface area contributed by atoms with Gasteiger partial charge in [-0.25, -0.2) is 5.43 Å². The SMILES string of the molecule is O=C(N/N=C\c1ccc(OCc2ccc(Br)cc2Br)cc1)c1ccc(I)c(O)c1. The lowest BCUT2D eigenvalue weighted by atomic mass is 10.2. The molecule has 148 valence electrons. The van der Waals surface area contributed by atoms with E-state index in [0.29, 0.717) is 15.7 Å². The average molecular weight is 630 g/mol. The summed E-state index contributed by atoms with van der Waals surface area (Å²) in [6.07, 6.45) is 1.54. The largest absolute Gasteiger partial charge is 0.507 e. The molecule has 0 bridgehead atoms. The van der Waals surface area contributed by atoms with E-state index in [4.69, 9.17) is 4.74 Å². The summed E-state index contributed by atoms with van der Waals surface area (Å²) in [6.45, 7) is 0.445. The van der Waals surface area contributed by atoms with E-state index in [0.717, 1.165) is 25.8 Å². The van der Waals surface area contributed by atoms with Crippen molar-refractivity contribution in [2.45, 2.75) is 6.61 Å². The van der Waals surface area contributed by atoms with Crippen molar-refractivity contribution in [2.75, 3.05) is 0 Å². The van der Waals surface area contributed by atoms with Crippen molar-refractivity contribution in [3.63, 3.8) is 0 Å². The molecule has 0 atom stereocenters.